The summed E-state index contributed by atoms with van der Waals surface area (Å²) in [5.74, 6) is 0. The van der Waals surface area contributed by atoms with E-state index in [0.717, 1.165) is 17.1 Å². The maximum Gasteiger partial charge on any atom is 0.145 e. The molecule has 3 heteroatoms. The van der Waals surface area contributed by atoms with E-state index in [9.17, 15) is 0 Å². The van der Waals surface area contributed by atoms with Gasteiger partial charge in [0.15, 0.2) is 0 Å². The Hall–Kier alpha value is 0.976. The summed E-state index contributed by atoms with van der Waals surface area (Å²) >= 11 is 0.149. The average Bonchev–Trinajstić information content (AvgIpc) is 2.18. The Bertz CT molecular complexity index is 63.9. The maximum absolute atomic E-state index is 4.68. The number of unbranched alkanes of at least 4 members (excludes halogenated alkanes) is 2. The molecule has 0 heterocycles. The Morgan fingerprint density at radius 2 is 1.38 bits per heavy atom. The molecule has 2 radical (unpaired) electrons. The summed E-state index contributed by atoms with van der Waals surface area (Å²) < 4.78 is 7.93. The van der Waals surface area contributed by atoms with Crippen LogP contribution in [0, 0.1) is 0 Å². The summed E-state index contributed by atoms with van der Waals surface area (Å²) in [5.41, 5.74) is 0. The van der Waals surface area contributed by atoms with Gasteiger partial charge in [-0.3, -0.25) is 0 Å². The Kier molecular flexibility index (Phi) is 23.6. The van der Waals surface area contributed by atoms with Gasteiger partial charge in [0.1, 0.15) is 10.5 Å². The first kappa shape index (κ1) is 16.4. The van der Waals surface area contributed by atoms with Crippen molar-refractivity contribution in [3.8, 4) is 0 Å². The van der Waals surface area contributed by atoms with Crippen molar-refractivity contribution in [2.45, 2.75) is 55.3 Å². The van der Waals surface area contributed by atoms with E-state index in [1.807, 2.05) is 6.92 Å². The van der Waals surface area contributed by atoms with Gasteiger partial charge in [-0.05, 0) is 6.92 Å². The number of hydrogen-bond acceptors (Lipinski definition) is 1. The minimum atomic E-state index is 0.149. The third-order valence-electron chi connectivity index (χ3n) is 1.70. The zero-order chi connectivity index (χ0) is 10.4. The van der Waals surface area contributed by atoms with E-state index >= 15 is 0 Å². The van der Waals surface area contributed by atoms with Gasteiger partial charge >= 0.3 is 69.5 Å². The molecule has 1 nitrogen and oxygen atoms in total. The van der Waals surface area contributed by atoms with Crippen LogP contribution in [0.2, 0.25) is 8.87 Å². The minimum absolute atomic E-state index is 0.149. The van der Waals surface area contributed by atoms with Crippen LogP contribution in [0.25, 0.3) is 0 Å². The van der Waals surface area contributed by atoms with Crippen LogP contribution in [0.15, 0.2) is 0 Å². The van der Waals surface area contributed by atoms with Crippen LogP contribution in [0.4, 0.5) is 0 Å². The van der Waals surface area contributed by atoms with Crippen LogP contribution >= 0.6 is 0 Å². The molecular weight excluding hydrogens is 283 g/mol. The third kappa shape index (κ3) is 24.6. The van der Waals surface area contributed by atoms with E-state index in [4.69, 9.17) is 0 Å². The smallest absolute Gasteiger partial charge is 0.145 e. The zero-order valence-electron chi connectivity index (χ0n) is 9.86. The van der Waals surface area contributed by atoms with Gasteiger partial charge in [0.2, 0.25) is 0 Å². The van der Waals surface area contributed by atoms with E-state index in [1.165, 1.54) is 25.7 Å². The molecule has 0 amide bonds. The molecule has 0 aliphatic rings. The van der Waals surface area contributed by atoms with Crippen molar-refractivity contribution >= 4 is 31.6 Å². The molecule has 0 aliphatic carbocycles. The molecule has 0 unspecified atom stereocenters. The van der Waals surface area contributed by atoms with Crippen LogP contribution in [0.1, 0.15) is 46.5 Å². The molecule has 13 heavy (non-hydrogen) atoms. The molecule has 0 bridgehead atoms. The molecule has 0 spiro atoms. The van der Waals surface area contributed by atoms with Crippen molar-refractivity contribution in [3.63, 3.8) is 0 Å². The maximum atomic E-state index is 4.68. The van der Waals surface area contributed by atoms with E-state index in [2.05, 4.69) is 18.3 Å². The number of hydrogen-bond donors (Lipinski definition) is 0. The van der Waals surface area contributed by atoms with Gasteiger partial charge < -0.3 is 4.43 Å². The molecule has 0 rings (SSSR count). The van der Waals surface area contributed by atoms with Crippen LogP contribution < -0.4 is 0 Å². The molecule has 0 aliphatic heterocycles. The van der Waals surface area contributed by atoms with E-state index in [0.29, 0.717) is 0 Å². The molecule has 0 fully saturated rings. The monoisotopic (exact) mass is 310 g/mol. The first-order valence-electron chi connectivity index (χ1n) is 5.53. The normalized spacial score (nSPS) is 9.46. The second kappa shape index (κ2) is 18.7. The van der Waals surface area contributed by atoms with Gasteiger partial charge in [0.05, 0.1) is 0 Å². The summed E-state index contributed by atoms with van der Waals surface area (Å²) in [6.07, 6.45) is 5.84. The summed E-state index contributed by atoms with van der Waals surface area (Å²) in [6, 6.07) is 0. The van der Waals surface area contributed by atoms with Crippen molar-refractivity contribution < 1.29 is 4.43 Å². The van der Waals surface area contributed by atoms with Crippen LogP contribution in [-0.2, 0) is 4.43 Å². The molecule has 80 valence electrons. The van der Waals surface area contributed by atoms with Crippen molar-refractivity contribution in [2.24, 2.45) is 0 Å². The molecule has 0 atom stereocenters. The Balaban J connectivity index is 0. The molecule has 0 N–H and O–H groups in total. The quantitative estimate of drug-likeness (QED) is 0.518. The molecule has 0 aromatic heterocycles. The third-order valence-corrected chi connectivity index (χ3v) is 6.32. The predicted octanol–water partition coefficient (Wildman–Crippen LogP) is 2.43. The number of rotatable bonds is 7. The SMILES string of the molecule is CCC[CH2][Sn][CH2]CCC.CCO[SiH3]. The average molecular weight is 309 g/mol. The summed E-state index contributed by atoms with van der Waals surface area (Å²) in [6.45, 7) is 7.46. The van der Waals surface area contributed by atoms with Crippen LogP contribution in [0.3, 0.4) is 0 Å². The van der Waals surface area contributed by atoms with Crippen LogP contribution in [0.5, 0.6) is 0 Å². The molecular formula is C10H26OSiSn. The second-order valence-electron chi connectivity index (χ2n) is 3.03. The molecule has 0 aromatic carbocycles. The fourth-order valence-electron chi connectivity index (χ4n) is 0.729. The summed E-state index contributed by atoms with van der Waals surface area (Å²) in [7, 11) is 0.890. The van der Waals surface area contributed by atoms with Crippen molar-refractivity contribution in [3.05, 3.63) is 0 Å². The first-order valence-corrected chi connectivity index (χ1v) is 10.4. The Morgan fingerprint density at radius 1 is 1.00 bits per heavy atom. The minimum Gasteiger partial charge on any atom is -0.428 e. The first-order chi connectivity index (χ1) is 6.33. The fourth-order valence-corrected chi connectivity index (χ4v) is 4.89. The standard InChI is InChI=1S/2C4H9.C2H8OSi.Sn/c2*1-3-4-2;1-2-3-4;/h2*1,3-4H2,2H3;2H2,1,4H3;. The van der Waals surface area contributed by atoms with Crippen molar-refractivity contribution in [1.29, 1.82) is 0 Å². The van der Waals surface area contributed by atoms with Gasteiger partial charge in [-0.15, -0.1) is 0 Å². The van der Waals surface area contributed by atoms with E-state index in [-0.39, 0.29) is 21.1 Å². The van der Waals surface area contributed by atoms with Gasteiger partial charge in [-0.1, -0.05) is 0 Å². The van der Waals surface area contributed by atoms with Crippen LogP contribution in [-0.4, -0.2) is 38.2 Å². The van der Waals surface area contributed by atoms with Crippen molar-refractivity contribution in [1.82, 2.24) is 0 Å². The second-order valence-corrected chi connectivity index (χ2v) is 7.89. The molecule has 0 saturated heterocycles. The zero-order valence-corrected chi connectivity index (χ0v) is 14.7. The van der Waals surface area contributed by atoms with Gasteiger partial charge in [-0.2, -0.15) is 0 Å². The summed E-state index contributed by atoms with van der Waals surface area (Å²) in [5, 5.41) is 0. The van der Waals surface area contributed by atoms with E-state index in [1.54, 1.807) is 8.87 Å². The largest absolute Gasteiger partial charge is 0.428 e. The van der Waals surface area contributed by atoms with Gasteiger partial charge in [-0.25, -0.2) is 0 Å². The topological polar surface area (TPSA) is 9.23 Å². The predicted molar refractivity (Wildman–Crippen MR) is 66.7 cm³/mol. The molecule has 0 aromatic rings. The Morgan fingerprint density at radius 3 is 1.62 bits per heavy atom. The summed E-state index contributed by atoms with van der Waals surface area (Å²) in [4.78, 5) is 0. The van der Waals surface area contributed by atoms with Gasteiger partial charge in [0.25, 0.3) is 0 Å². The Labute approximate surface area is 97.8 Å². The van der Waals surface area contributed by atoms with Gasteiger partial charge in [0, 0.05) is 6.61 Å². The molecule has 0 saturated carbocycles. The van der Waals surface area contributed by atoms with E-state index < -0.39 is 0 Å². The fraction of sp³-hybridized carbons (Fsp3) is 1.00. The van der Waals surface area contributed by atoms with Crippen molar-refractivity contribution in [2.75, 3.05) is 6.61 Å².